The lowest BCUT2D eigenvalue weighted by Gasteiger charge is -2.27. The number of carbonyl (C=O) groups is 8. The Labute approximate surface area is 727 Å². The fourth-order valence-electron chi connectivity index (χ4n) is 15.5. The summed E-state index contributed by atoms with van der Waals surface area (Å²) in [5, 5.41) is 2.85. The quantitative estimate of drug-likeness (QED) is 0.0215. The summed E-state index contributed by atoms with van der Waals surface area (Å²) in [6.45, 7) is 13.3. The molecule has 664 valence electrons. The Morgan fingerprint density at radius 1 is 0.540 bits per heavy atom. The molecule has 1 fully saturated rings. The van der Waals surface area contributed by atoms with Crippen LogP contribution in [0.5, 0.6) is 34.5 Å². The molecule has 5 atom stereocenters. The molecule has 1 saturated carbocycles. The Morgan fingerprint density at radius 3 is 1.74 bits per heavy atom. The van der Waals surface area contributed by atoms with E-state index in [9.17, 15) is 38.4 Å². The smallest absolute Gasteiger partial charge is 0.260 e. The summed E-state index contributed by atoms with van der Waals surface area (Å²) >= 11 is 0. The van der Waals surface area contributed by atoms with Crippen molar-refractivity contribution in [3.05, 3.63) is 196 Å². The zero-order valence-corrected chi connectivity index (χ0v) is 72.3. The molecule has 5 aromatic rings. The van der Waals surface area contributed by atoms with Crippen molar-refractivity contribution in [2.45, 2.75) is 142 Å². The van der Waals surface area contributed by atoms with Crippen molar-refractivity contribution >= 4 is 69.7 Å². The molecule has 0 saturated heterocycles. The van der Waals surface area contributed by atoms with E-state index in [-0.39, 0.29) is 135 Å². The molecule has 5 aliphatic heterocycles. The van der Waals surface area contributed by atoms with E-state index in [2.05, 4.69) is 17.5 Å². The first-order chi connectivity index (χ1) is 60.5. The molecule has 6 aliphatic rings. The Bertz CT molecular complexity index is 4620. The van der Waals surface area contributed by atoms with E-state index in [0.717, 1.165) is 39.0 Å². The van der Waals surface area contributed by atoms with E-state index in [0.29, 0.717) is 233 Å². The Balaban J connectivity index is 0.467. The molecule has 124 heavy (non-hydrogen) atoms. The van der Waals surface area contributed by atoms with Crippen molar-refractivity contribution in [3.8, 4) is 34.5 Å². The average Bonchev–Trinajstić information content (AvgIpc) is 1.60. The van der Waals surface area contributed by atoms with Gasteiger partial charge in [-0.05, 0) is 126 Å². The van der Waals surface area contributed by atoms with Crippen LogP contribution in [0.25, 0.3) is 11.1 Å². The molecule has 1 aliphatic carbocycles. The highest BCUT2D eigenvalue weighted by Crippen LogP contribution is 2.43. The molecular weight excluding hydrogens is 1590 g/mol. The highest BCUT2D eigenvalue weighted by molar-refractivity contribution is 6.06. The number of rotatable bonds is 54. The van der Waals surface area contributed by atoms with Gasteiger partial charge in [0, 0.05) is 112 Å². The van der Waals surface area contributed by atoms with Gasteiger partial charge in [0.15, 0.2) is 40.3 Å². The number of nitrogens with zero attached hydrogens (tertiary/aromatic N) is 3. The van der Waals surface area contributed by atoms with Gasteiger partial charge in [0.2, 0.25) is 12.7 Å². The molecule has 11 rings (SSSR count). The van der Waals surface area contributed by atoms with E-state index < -0.39 is 5.92 Å². The molecule has 1 N–H and O–H groups in total. The lowest BCUT2D eigenvalue weighted by atomic mass is 9.74. The van der Waals surface area contributed by atoms with Crippen LogP contribution in [-0.4, -0.2) is 221 Å². The first-order valence-corrected chi connectivity index (χ1v) is 43.6. The van der Waals surface area contributed by atoms with Crippen molar-refractivity contribution in [1.82, 2.24) is 15.1 Å². The van der Waals surface area contributed by atoms with Crippen molar-refractivity contribution in [2.24, 2.45) is 22.7 Å². The van der Waals surface area contributed by atoms with E-state index in [1.165, 1.54) is 7.11 Å². The maximum Gasteiger partial charge on any atom is 0.260 e. The van der Waals surface area contributed by atoms with Crippen LogP contribution >= 0.6 is 0 Å². The van der Waals surface area contributed by atoms with Gasteiger partial charge in [-0.15, -0.1) is 0 Å². The maximum absolute atomic E-state index is 14.3. The fourth-order valence-corrected chi connectivity index (χ4v) is 15.5. The highest BCUT2D eigenvalue weighted by Gasteiger charge is 2.38. The van der Waals surface area contributed by atoms with Crippen LogP contribution < -0.4 is 33.7 Å². The number of hydrogen-bond acceptors (Lipinski definition) is 23. The van der Waals surface area contributed by atoms with Gasteiger partial charge in [-0.3, -0.25) is 43.3 Å². The monoisotopic (exact) mass is 1700 g/mol. The molecule has 0 radical (unpaired) electrons. The third-order valence-electron chi connectivity index (χ3n) is 22.4. The van der Waals surface area contributed by atoms with Crippen LogP contribution in [0.3, 0.4) is 0 Å². The molecule has 5 heterocycles. The maximum atomic E-state index is 14.3. The predicted molar refractivity (Wildman–Crippen MR) is 468 cm³/mol. The van der Waals surface area contributed by atoms with Crippen LogP contribution in [0.1, 0.15) is 165 Å². The summed E-state index contributed by atoms with van der Waals surface area (Å²) < 4.78 is 79.8. The average molecular weight is 1710 g/mol. The number of carbonyl (C=O) groups excluding carboxylic acids is 8. The second kappa shape index (κ2) is 50.4. The standard InChI is InChI=1S/C98H120N4O22/c1-68(2)82(25-16-24-80(103)34-38-113-40-42-115-44-46-117-48-50-119-52-53-120-51-49-118-47-45-116-43-41-114-39-35-99-95(107)27-15-22-75-57-81(104)60-83(96(75)108)72-19-11-9-7-6-8-10-12-20-72)87(105)26-13-18-69(3)88(106)54-70-28-30-71(31-29-70)76-56-79-64-100-86-63-94(91(112-5)62-85(86)98(110)102(79)65-76)122-37-17-36-121-93-59-74-21-14-23-78-55-77(73-32-33-89-92(58-73)124-67-123-89)66-101(78)97(109)84(74)61-90(93)111-4/h6-12,14,19-20,23,25,28-33,58-59,61-66,68-69,75,78-79,83H,13,15-18,21-22,24,26-27,34-57,60,67H2,1-5H3,(H,99,107)/b7-6?,8-6?,9-7?,10-8?,11-9?,12-10?,19-11?,20-12?,23-14?,72-19?,72-20?,82-25-. The van der Waals surface area contributed by atoms with Crippen molar-refractivity contribution in [3.63, 3.8) is 0 Å². The lowest BCUT2D eigenvalue weighted by Crippen LogP contribution is -2.33. The lowest BCUT2D eigenvalue weighted by molar-refractivity contribution is -0.135. The molecule has 0 bridgehead atoms. The van der Waals surface area contributed by atoms with Crippen molar-refractivity contribution in [1.29, 1.82) is 0 Å². The summed E-state index contributed by atoms with van der Waals surface area (Å²) in [4.78, 5) is 115. The summed E-state index contributed by atoms with van der Waals surface area (Å²) in [5.74, 6) is 1.99. The van der Waals surface area contributed by atoms with Crippen molar-refractivity contribution in [2.75, 3.05) is 146 Å². The first-order valence-electron chi connectivity index (χ1n) is 43.6. The number of hydrogen-bond donors (Lipinski definition) is 1. The normalized spacial score (nSPS) is 17.2. The second-order valence-electron chi connectivity index (χ2n) is 31.6. The molecule has 5 aromatic carbocycles. The third-order valence-corrected chi connectivity index (χ3v) is 22.4. The highest BCUT2D eigenvalue weighted by atomic mass is 16.7. The minimum Gasteiger partial charge on any atom is -0.493 e. The number of benzene rings is 4. The van der Waals surface area contributed by atoms with E-state index in [1.54, 1.807) is 41.3 Å². The number of methoxy groups -OCH3 is 2. The summed E-state index contributed by atoms with van der Waals surface area (Å²) in [6.07, 6.45) is 18.4. The third kappa shape index (κ3) is 28.8. The number of ether oxygens (including phenoxy) is 14. The summed E-state index contributed by atoms with van der Waals surface area (Å²) in [5.41, 5.74) is 8.55. The second-order valence-corrected chi connectivity index (χ2v) is 31.6. The van der Waals surface area contributed by atoms with Gasteiger partial charge in [-0.2, -0.15) is 0 Å². The number of Topliss-reactive ketones (excluding diaryl/α,β-unsaturated/α-hetero) is 5. The van der Waals surface area contributed by atoms with Crippen molar-refractivity contribution < 1.29 is 105 Å². The minimum atomic E-state index is -0.467. The van der Waals surface area contributed by atoms with Gasteiger partial charge in [0.1, 0.15) is 23.1 Å². The summed E-state index contributed by atoms with van der Waals surface area (Å²) in [6, 6.07) is 37.4. The van der Waals surface area contributed by atoms with E-state index in [1.807, 2.05) is 142 Å². The zero-order chi connectivity index (χ0) is 87.2. The van der Waals surface area contributed by atoms with Gasteiger partial charge < -0.3 is 81.4 Å². The first kappa shape index (κ1) is 94.1. The summed E-state index contributed by atoms with van der Waals surface area (Å²) in [7, 11) is 3.09. The number of aliphatic imine (C=N–C) groups is 1. The van der Waals surface area contributed by atoms with Gasteiger partial charge in [-0.1, -0.05) is 124 Å². The number of fused-ring (bicyclic) bond motifs is 5. The van der Waals surface area contributed by atoms with Crippen LogP contribution in [0.4, 0.5) is 5.69 Å². The molecule has 26 heteroatoms. The number of ketones is 5. The van der Waals surface area contributed by atoms with Gasteiger partial charge in [0.05, 0.1) is 156 Å². The van der Waals surface area contributed by atoms with Crippen LogP contribution in [-0.2, 0) is 79.5 Å². The number of amides is 3. The Kier molecular flexibility index (Phi) is 38.3. The largest absolute Gasteiger partial charge is 0.493 e. The topological polar surface area (TPSA) is 297 Å². The number of nitrogens with one attached hydrogen (secondary N) is 1. The van der Waals surface area contributed by atoms with Gasteiger partial charge in [-0.25, -0.2) is 0 Å². The Hall–Kier alpha value is -10.6. The molecule has 5 unspecified atom stereocenters. The molecule has 0 aromatic heterocycles. The fraction of sp³-hybridized carbons (Fsp3) is 0.480. The van der Waals surface area contributed by atoms with Crippen LogP contribution in [0.2, 0.25) is 0 Å². The van der Waals surface area contributed by atoms with Gasteiger partial charge >= 0.3 is 0 Å². The SMILES string of the molecule is COc1cc2c(cc1OCCCOc1cc3c(cc1OC)C(=O)N1C=C(c4ccc(CC(=O)C(C)CCCC(=O)/C(=C\CCC(=O)CCOCCOCCOCCOCCOCCOCCOCCOCCNC(=O)CCCC5CC(=O)CC(c6ccccccccc6)C5=O)C(C)C)cc4)CC1C=N3)CC=CC1CC(c3ccc4c(c3)OCO4)=CN1C2=O. The zero-order valence-electron chi connectivity index (χ0n) is 72.3. The molecule has 26 nitrogen and oxygen atoms in total. The molecular formula is C98H120N4O22. The molecule has 3 amide bonds. The predicted octanol–water partition coefficient (Wildman–Crippen LogP) is 14.3. The van der Waals surface area contributed by atoms with E-state index in [4.69, 9.17) is 71.3 Å². The van der Waals surface area contributed by atoms with Crippen LogP contribution in [0, 0.1) is 17.8 Å². The van der Waals surface area contributed by atoms with Crippen LogP contribution in [0.15, 0.2) is 163 Å². The van der Waals surface area contributed by atoms with E-state index >= 15 is 0 Å². The number of allylic oxidation sites excluding steroid dienone is 3. The van der Waals surface area contributed by atoms with Gasteiger partial charge in [0.25, 0.3) is 11.8 Å². The minimum absolute atomic E-state index is 0.00689. The molecule has 0 spiro atoms. The Morgan fingerprint density at radius 2 is 1.10 bits per heavy atom.